The lowest BCUT2D eigenvalue weighted by molar-refractivity contribution is -0.386. The van der Waals surface area contributed by atoms with Gasteiger partial charge in [-0.05, 0) is 31.0 Å². The van der Waals surface area contributed by atoms with Crippen molar-refractivity contribution in [1.29, 1.82) is 0 Å². The molecular formula is C15H24N2O4. The van der Waals surface area contributed by atoms with E-state index < -0.39 is 4.92 Å². The fourth-order valence-electron chi connectivity index (χ4n) is 1.72. The first-order valence-corrected chi connectivity index (χ1v) is 7.07. The maximum absolute atomic E-state index is 11.1. The summed E-state index contributed by atoms with van der Waals surface area (Å²) < 4.78 is 10.5. The van der Waals surface area contributed by atoms with E-state index in [9.17, 15) is 10.1 Å². The van der Waals surface area contributed by atoms with Crippen LogP contribution >= 0.6 is 0 Å². The van der Waals surface area contributed by atoms with Gasteiger partial charge in [0.15, 0.2) is 5.75 Å². The van der Waals surface area contributed by atoms with Crippen LogP contribution in [0.2, 0.25) is 0 Å². The van der Waals surface area contributed by atoms with Gasteiger partial charge in [-0.1, -0.05) is 19.9 Å². The van der Waals surface area contributed by atoms with Gasteiger partial charge >= 0.3 is 5.69 Å². The van der Waals surface area contributed by atoms with E-state index in [2.05, 4.69) is 19.2 Å². The lowest BCUT2D eigenvalue weighted by Crippen LogP contribution is -2.19. The molecular weight excluding hydrogens is 272 g/mol. The minimum Gasteiger partial charge on any atom is -0.484 e. The summed E-state index contributed by atoms with van der Waals surface area (Å²) in [5.41, 5.74) is 0.858. The number of nitrogens with zero attached hydrogens (tertiary/aromatic N) is 1. The first-order valence-electron chi connectivity index (χ1n) is 7.07. The molecule has 6 nitrogen and oxygen atoms in total. The van der Waals surface area contributed by atoms with E-state index in [1.807, 2.05) is 13.0 Å². The molecule has 0 fully saturated rings. The van der Waals surface area contributed by atoms with Gasteiger partial charge in [-0.15, -0.1) is 0 Å². The Kier molecular flexibility index (Phi) is 7.11. The van der Waals surface area contributed by atoms with Gasteiger partial charge in [0.1, 0.15) is 6.61 Å². The topological polar surface area (TPSA) is 73.6 Å². The molecule has 118 valence electrons. The van der Waals surface area contributed by atoms with Crippen molar-refractivity contribution < 1.29 is 14.4 Å². The number of nitrogens with one attached hydrogen (secondary N) is 1. The second kappa shape index (κ2) is 8.59. The van der Waals surface area contributed by atoms with E-state index in [1.54, 1.807) is 19.2 Å². The Morgan fingerprint density at radius 2 is 2.05 bits per heavy atom. The third-order valence-corrected chi connectivity index (χ3v) is 2.98. The first-order chi connectivity index (χ1) is 9.93. The highest BCUT2D eigenvalue weighted by molar-refractivity contribution is 5.48. The average Bonchev–Trinajstić information content (AvgIpc) is 2.44. The second-order valence-corrected chi connectivity index (χ2v) is 5.44. The second-order valence-electron chi connectivity index (χ2n) is 5.44. The Labute approximate surface area is 125 Å². The zero-order valence-electron chi connectivity index (χ0n) is 13.1. The highest BCUT2D eigenvalue weighted by Crippen LogP contribution is 2.28. The van der Waals surface area contributed by atoms with Crippen LogP contribution in [0.4, 0.5) is 5.69 Å². The Bertz CT molecular complexity index is 463. The Hall–Kier alpha value is -1.66. The highest BCUT2D eigenvalue weighted by atomic mass is 16.6. The van der Waals surface area contributed by atoms with Crippen molar-refractivity contribution in [3.05, 3.63) is 33.9 Å². The lowest BCUT2D eigenvalue weighted by Gasteiger charge is -2.12. The van der Waals surface area contributed by atoms with E-state index in [0.717, 1.165) is 12.1 Å². The third-order valence-electron chi connectivity index (χ3n) is 2.98. The average molecular weight is 296 g/mol. The zero-order chi connectivity index (χ0) is 15.8. The molecule has 0 aromatic heterocycles. The van der Waals surface area contributed by atoms with Crippen molar-refractivity contribution in [3.8, 4) is 5.75 Å². The van der Waals surface area contributed by atoms with E-state index in [4.69, 9.17) is 9.47 Å². The minimum atomic E-state index is -0.418. The highest BCUT2D eigenvalue weighted by Gasteiger charge is 2.16. The summed E-state index contributed by atoms with van der Waals surface area (Å²) in [7, 11) is 1.58. The summed E-state index contributed by atoms with van der Waals surface area (Å²) in [5, 5.41) is 14.4. The molecule has 21 heavy (non-hydrogen) atoms. The van der Waals surface area contributed by atoms with Crippen molar-refractivity contribution in [2.45, 2.75) is 33.4 Å². The number of nitro groups is 1. The quantitative estimate of drug-likeness (QED) is 0.560. The van der Waals surface area contributed by atoms with Gasteiger partial charge in [0.05, 0.1) is 11.0 Å². The van der Waals surface area contributed by atoms with E-state index in [0.29, 0.717) is 12.5 Å². The summed E-state index contributed by atoms with van der Waals surface area (Å²) in [4.78, 5) is 10.7. The van der Waals surface area contributed by atoms with Crippen LogP contribution in [-0.4, -0.2) is 31.3 Å². The minimum absolute atomic E-state index is 0.0119. The number of ether oxygens (including phenoxy) is 2. The van der Waals surface area contributed by atoms with Gasteiger partial charge in [-0.3, -0.25) is 10.1 Å². The molecule has 0 spiro atoms. The zero-order valence-corrected chi connectivity index (χ0v) is 13.1. The Morgan fingerprint density at radius 3 is 2.62 bits per heavy atom. The molecule has 0 aliphatic rings. The molecule has 1 aromatic carbocycles. The summed E-state index contributed by atoms with van der Waals surface area (Å²) in [6.45, 7) is 7.83. The van der Waals surface area contributed by atoms with Crippen LogP contribution in [-0.2, 0) is 11.3 Å². The molecule has 1 rings (SSSR count). The van der Waals surface area contributed by atoms with Gasteiger partial charge in [0, 0.05) is 19.7 Å². The van der Waals surface area contributed by atoms with Crippen LogP contribution in [0.15, 0.2) is 18.2 Å². The Morgan fingerprint density at radius 1 is 1.33 bits per heavy atom. The summed E-state index contributed by atoms with van der Waals surface area (Å²) in [6.07, 6.45) is -0.114. The fourth-order valence-corrected chi connectivity index (χ4v) is 1.72. The smallest absolute Gasteiger partial charge is 0.311 e. The number of rotatable bonds is 9. The van der Waals surface area contributed by atoms with Gasteiger partial charge in [0.2, 0.25) is 0 Å². The van der Waals surface area contributed by atoms with Gasteiger partial charge in [-0.2, -0.15) is 0 Å². The number of benzene rings is 1. The monoisotopic (exact) mass is 296 g/mol. The predicted octanol–water partition coefficient (Wildman–Crippen LogP) is 2.75. The van der Waals surface area contributed by atoms with Gasteiger partial charge in [-0.25, -0.2) is 0 Å². The number of hydrogen-bond acceptors (Lipinski definition) is 5. The Balaban J connectivity index is 2.74. The molecule has 0 bridgehead atoms. The molecule has 6 heteroatoms. The molecule has 0 aliphatic heterocycles. The summed E-state index contributed by atoms with van der Waals surface area (Å²) in [5.74, 6) is 0.814. The van der Waals surface area contributed by atoms with Crippen LogP contribution in [0.5, 0.6) is 5.75 Å². The van der Waals surface area contributed by atoms with Gasteiger partial charge < -0.3 is 14.8 Å². The molecule has 0 saturated carbocycles. The predicted molar refractivity (Wildman–Crippen MR) is 81.6 cm³/mol. The van der Waals surface area contributed by atoms with Crippen LogP contribution in [0.3, 0.4) is 0 Å². The van der Waals surface area contributed by atoms with Crippen molar-refractivity contribution in [2.24, 2.45) is 5.92 Å². The SMILES string of the molecule is COC(C)COc1ccc(CNCC(C)C)cc1[N+](=O)[O-]. The summed E-state index contributed by atoms with van der Waals surface area (Å²) >= 11 is 0. The number of hydrogen-bond donors (Lipinski definition) is 1. The fraction of sp³-hybridized carbons (Fsp3) is 0.600. The van der Waals surface area contributed by atoms with E-state index in [-0.39, 0.29) is 24.1 Å². The molecule has 1 atom stereocenters. The number of nitro benzene ring substituents is 1. The van der Waals surface area contributed by atoms with Crippen molar-refractivity contribution in [3.63, 3.8) is 0 Å². The molecule has 0 heterocycles. The molecule has 1 aromatic rings. The molecule has 1 N–H and O–H groups in total. The lowest BCUT2D eigenvalue weighted by atomic mass is 10.1. The molecule has 0 amide bonds. The molecule has 1 unspecified atom stereocenters. The third kappa shape index (κ3) is 6.10. The van der Waals surface area contributed by atoms with E-state index >= 15 is 0 Å². The molecule has 0 aliphatic carbocycles. The maximum atomic E-state index is 11.1. The van der Waals surface area contributed by atoms with Crippen molar-refractivity contribution >= 4 is 5.69 Å². The normalized spacial score (nSPS) is 12.4. The maximum Gasteiger partial charge on any atom is 0.311 e. The van der Waals surface area contributed by atoms with Crippen LogP contribution < -0.4 is 10.1 Å². The van der Waals surface area contributed by atoms with Crippen molar-refractivity contribution in [1.82, 2.24) is 5.32 Å². The summed E-state index contributed by atoms with van der Waals surface area (Å²) in [6, 6.07) is 5.04. The molecule has 0 saturated heterocycles. The van der Waals surface area contributed by atoms with Crippen molar-refractivity contribution in [2.75, 3.05) is 20.3 Å². The largest absolute Gasteiger partial charge is 0.484 e. The van der Waals surface area contributed by atoms with Crippen LogP contribution in [0.1, 0.15) is 26.3 Å². The number of methoxy groups -OCH3 is 1. The molecule has 0 radical (unpaired) electrons. The first kappa shape index (κ1) is 17.4. The van der Waals surface area contributed by atoms with Crippen LogP contribution in [0.25, 0.3) is 0 Å². The van der Waals surface area contributed by atoms with E-state index in [1.165, 1.54) is 0 Å². The van der Waals surface area contributed by atoms with Crippen LogP contribution in [0, 0.1) is 16.0 Å². The standard InChI is InChI=1S/C15H24N2O4/c1-11(2)8-16-9-13-5-6-15(14(7-13)17(18)19)21-10-12(3)20-4/h5-7,11-12,16H,8-10H2,1-4H3. The van der Waals surface area contributed by atoms with Gasteiger partial charge in [0.25, 0.3) is 0 Å².